The number of esters is 1. The highest BCUT2D eigenvalue weighted by atomic mass is 16.5. The van der Waals surface area contributed by atoms with E-state index in [4.69, 9.17) is 0 Å². The van der Waals surface area contributed by atoms with Gasteiger partial charge in [0, 0.05) is 12.2 Å². The molecule has 0 fully saturated rings. The fraction of sp³-hybridized carbons (Fsp3) is 0.733. The number of carbonyl (C=O) groups excluding carboxylic acids is 2. The van der Waals surface area contributed by atoms with Gasteiger partial charge >= 0.3 is 5.97 Å². The topological polar surface area (TPSA) is 49.9 Å². The normalized spacial score (nSPS) is 14.3. The average molecular weight is 282 g/mol. The predicted molar refractivity (Wildman–Crippen MR) is 78.1 cm³/mol. The van der Waals surface area contributed by atoms with Crippen LogP contribution in [0.5, 0.6) is 0 Å². The van der Waals surface area contributed by atoms with E-state index in [1.165, 1.54) is 7.11 Å². The van der Waals surface area contributed by atoms with Gasteiger partial charge in [0.2, 0.25) is 5.91 Å². The lowest BCUT2D eigenvalue weighted by atomic mass is 10.3. The molecule has 1 amide bonds. The van der Waals surface area contributed by atoms with Crippen molar-refractivity contribution in [3.05, 3.63) is 11.8 Å². The summed E-state index contributed by atoms with van der Waals surface area (Å²) in [6, 6.07) is 0. The molecular formula is C15H26N2O3. The Hall–Kier alpha value is -1.36. The van der Waals surface area contributed by atoms with Crippen molar-refractivity contribution in [3.8, 4) is 0 Å². The van der Waals surface area contributed by atoms with Gasteiger partial charge < -0.3 is 9.64 Å². The second-order valence-corrected chi connectivity index (χ2v) is 5.01. The lowest BCUT2D eigenvalue weighted by Crippen LogP contribution is -2.42. The molecule has 0 unspecified atom stereocenters. The first-order valence-corrected chi connectivity index (χ1v) is 7.40. The van der Waals surface area contributed by atoms with E-state index < -0.39 is 0 Å². The molecule has 1 aliphatic rings. The molecular weight excluding hydrogens is 256 g/mol. The van der Waals surface area contributed by atoms with Crippen molar-refractivity contribution in [2.24, 2.45) is 0 Å². The molecule has 0 spiro atoms. The van der Waals surface area contributed by atoms with Crippen LogP contribution in [0.4, 0.5) is 0 Å². The third-order valence-corrected chi connectivity index (χ3v) is 3.46. The number of nitrogens with zero attached hydrogens (tertiary/aromatic N) is 2. The first-order valence-electron chi connectivity index (χ1n) is 7.40. The van der Waals surface area contributed by atoms with E-state index in [2.05, 4.69) is 10.8 Å². The summed E-state index contributed by atoms with van der Waals surface area (Å²) in [6.07, 6.45) is 6.20. The zero-order valence-electron chi connectivity index (χ0n) is 12.9. The number of hydrogen-bond acceptors (Lipinski definition) is 4. The molecule has 1 aliphatic carbocycles. The van der Waals surface area contributed by atoms with Crippen LogP contribution in [-0.4, -0.2) is 55.0 Å². The highest BCUT2D eigenvalue weighted by molar-refractivity contribution is 5.81. The second kappa shape index (κ2) is 8.74. The molecule has 20 heavy (non-hydrogen) atoms. The molecule has 0 aliphatic heterocycles. The van der Waals surface area contributed by atoms with E-state index in [9.17, 15) is 9.59 Å². The van der Waals surface area contributed by atoms with Crippen LogP contribution in [0.1, 0.15) is 39.5 Å². The molecule has 0 atom stereocenters. The van der Waals surface area contributed by atoms with E-state index >= 15 is 0 Å². The second-order valence-electron chi connectivity index (χ2n) is 5.01. The minimum absolute atomic E-state index is 0.0676. The number of likely N-dealkylation sites (N-methyl/N-ethyl adjacent to an activating group) is 1. The standard InChI is InChI=1S/C15H26N2O3/c1-4-10-16(12-15(19)20-3)11-14(18)17(5-2)13-8-6-7-9-13/h8H,4-7,9-12H2,1-3H3. The van der Waals surface area contributed by atoms with E-state index in [1.54, 1.807) is 0 Å². The summed E-state index contributed by atoms with van der Waals surface area (Å²) in [5.74, 6) is -0.229. The highest BCUT2D eigenvalue weighted by Crippen LogP contribution is 2.21. The molecule has 0 saturated carbocycles. The number of amides is 1. The summed E-state index contributed by atoms with van der Waals surface area (Å²) in [6.45, 7) is 5.87. The van der Waals surface area contributed by atoms with Crippen LogP contribution in [0.15, 0.2) is 11.8 Å². The van der Waals surface area contributed by atoms with Crippen LogP contribution in [0, 0.1) is 0 Å². The van der Waals surface area contributed by atoms with Gasteiger partial charge in [0.15, 0.2) is 0 Å². The van der Waals surface area contributed by atoms with Gasteiger partial charge in [0.05, 0.1) is 20.2 Å². The smallest absolute Gasteiger partial charge is 0.319 e. The first kappa shape index (κ1) is 16.7. The van der Waals surface area contributed by atoms with Gasteiger partial charge in [-0.15, -0.1) is 0 Å². The van der Waals surface area contributed by atoms with Crippen molar-refractivity contribution >= 4 is 11.9 Å². The summed E-state index contributed by atoms with van der Waals surface area (Å²) in [5, 5.41) is 0. The summed E-state index contributed by atoms with van der Waals surface area (Å²) in [4.78, 5) is 27.5. The molecule has 114 valence electrons. The first-order chi connectivity index (χ1) is 9.62. The molecule has 0 aromatic heterocycles. The van der Waals surface area contributed by atoms with Gasteiger partial charge in [-0.25, -0.2) is 0 Å². The zero-order valence-corrected chi connectivity index (χ0v) is 12.9. The fourth-order valence-electron chi connectivity index (χ4n) is 2.49. The van der Waals surface area contributed by atoms with E-state index in [1.807, 2.05) is 23.6 Å². The maximum Gasteiger partial charge on any atom is 0.319 e. The Labute approximate surface area is 121 Å². The minimum atomic E-state index is -0.297. The van der Waals surface area contributed by atoms with Gasteiger partial charge in [-0.3, -0.25) is 14.5 Å². The third-order valence-electron chi connectivity index (χ3n) is 3.46. The SMILES string of the molecule is CCCN(CC(=O)OC)CC(=O)N(CC)C1=CCCC1. The molecule has 0 N–H and O–H groups in total. The maximum absolute atomic E-state index is 12.4. The van der Waals surface area contributed by atoms with Crippen molar-refractivity contribution in [1.82, 2.24) is 9.80 Å². The Morgan fingerprint density at radius 2 is 2.05 bits per heavy atom. The van der Waals surface area contributed by atoms with E-state index in [-0.39, 0.29) is 25.0 Å². The number of carbonyl (C=O) groups is 2. The Morgan fingerprint density at radius 1 is 1.30 bits per heavy atom. The summed E-state index contributed by atoms with van der Waals surface area (Å²) >= 11 is 0. The number of rotatable bonds is 8. The molecule has 5 heteroatoms. The number of hydrogen-bond donors (Lipinski definition) is 0. The van der Waals surface area contributed by atoms with E-state index in [0.717, 1.165) is 37.9 Å². The van der Waals surface area contributed by atoms with Crippen molar-refractivity contribution in [2.45, 2.75) is 39.5 Å². The monoisotopic (exact) mass is 282 g/mol. The maximum atomic E-state index is 12.4. The van der Waals surface area contributed by atoms with Crippen LogP contribution < -0.4 is 0 Å². The Morgan fingerprint density at radius 3 is 2.55 bits per heavy atom. The molecule has 0 bridgehead atoms. The van der Waals surface area contributed by atoms with Crippen LogP contribution in [-0.2, 0) is 14.3 Å². The number of methoxy groups -OCH3 is 1. The van der Waals surface area contributed by atoms with Crippen molar-refractivity contribution in [3.63, 3.8) is 0 Å². The van der Waals surface area contributed by atoms with Gasteiger partial charge in [0.25, 0.3) is 0 Å². The van der Waals surface area contributed by atoms with Crippen LogP contribution in [0.3, 0.4) is 0 Å². The summed E-state index contributed by atoms with van der Waals surface area (Å²) in [5.41, 5.74) is 1.13. The van der Waals surface area contributed by atoms with Gasteiger partial charge in [-0.2, -0.15) is 0 Å². The van der Waals surface area contributed by atoms with Crippen LogP contribution >= 0.6 is 0 Å². The average Bonchev–Trinajstić information content (AvgIpc) is 2.93. The van der Waals surface area contributed by atoms with Gasteiger partial charge in [-0.1, -0.05) is 13.0 Å². The van der Waals surface area contributed by atoms with E-state index in [0.29, 0.717) is 6.54 Å². The largest absolute Gasteiger partial charge is 0.468 e. The zero-order chi connectivity index (χ0) is 15.0. The predicted octanol–water partition coefficient (Wildman–Crippen LogP) is 1.79. The Bertz CT molecular complexity index is 366. The summed E-state index contributed by atoms with van der Waals surface area (Å²) in [7, 11) is 1.37. The number of allylic oxidation sites excluding steroid dienone is 2. The molecule has 0 saturated heterocycles. The quantitative estimate of drug-likeness (QED) is 0.637. The van der Waals surface area contributed by atoms with Gasteiger partial charge in [-0.05, 0) is 39.2 Å². The highest BCUT2D eigenvalue weighted by Gasteiger charge is 2.21. The van der Waals surface area contributed by atoms with Crippen LogP contribution in [0.25, 0.3) is 0 Å². The molecule has 0 aromatic rings. The molecule has 0 radical (unpaired) electrons. The lowest BCUT2D eigenvalue weighted by molar-refractivity contribution is -0.142. The minimum Gasteiger partial charge on any atom is -0.468 e. The lowest BCUT2D eigenvalue weighted by Gasteiger charge is -2.26. The molecule has 0 heterocycles. The fourth-order valence-corrected chi connectivity index (χ4v) is 2.49. The van der Waals surface area contributed by atoms with Crippen molar-refractivity contribution in [2.75, 3.05) is 33.3 Å². The molecule has 1 rings (SSSR count). The third kappa shape index (κ3) is 4.96. The number of ether oxygens (including phenoxy) is 1. The molecule has 5 nitrogen and oxygen atoms in total. The summed E-state index contributed by atoms with van der Waals surface area (Å²) < 4.78 is 4.68. The van der Waals surface area contributed by atoms with Crippen molar-refractivity contribution in [1.29, 1.82) is 0 Å². The Kier molecular flexibility index (Phi) is 7.30. The Balaban J connectivity index is 2.60. The van der Waals surface area contributed by atoms with Gasteiger partial charge in [0.1, 0.15) is 0 Å². The van der Waals surface area contributed by atoms with Crippen LogP contribution in [0.2, 0.25) is 0 Å². The molecule has 0 aromatic carbocycles. The van der Waals surface area contributed by atoms with Crippen molar-refractivity contribution < 1.29 is 14.3 Å².